The number of piperazine rings is 1. The summed E-state index contributed by atoms with van der Waals surface area (Å²) in [5, 5.41) is 0.724. The molecule has 0 saturated carbocycles. The number of amides is 1. The standard InChI is InChI=1S/C34H28F5N5O4S/c35-27-8-2-5-23(31(27)36)20-43-14-16-44(17-15-43)33(45)22-9-11-28(29(18-22)48-34(37,38)39)42-49(46,47)30-12-10-24(40)19-26(30)25-7-1-4-21-6-3-13-41-32(21)25/h1-13,18-19,42H,14-17,20,40H2. The molecule has 1 saturated heterocycles. The minimum absolute atomic E-state index is 0.108. The SMILES string of the molecule is Nc1ccc(S(=O)(=O)Nc2ccc(C(=O)N3CCN(Cc4cccc(F)c4F)CC3)cc2OC(F)(F)F)c(-c2cccc3cccnc23)c1. The van der Waals surface area contributed by atoms with Crippen LogP contribution in [0.25, 0.3) is 22.0 Å². The van der Waals surface area contributed by atoms with Gasteiger partial charge in [0.2, 0.25) is 0 Å². The predicted octanol–water partition coefficient (Wildman–Crippen LogP) is 6.42. The maximum Gasteiger partial charge on any atom is 0.573 e. The molecule has 1 aliphatic heterocycles. The van der Waals surface area contributed by atoms with Gasteiger partial charge in [-0.1, -0.05) is 36.4 Å². The summed E-state index contributed by atoms with van der Waals surface area (Å²) in [5.41, 5.74) is 6.76. The molecule has 5 aromatic rings. The molecule has 15 heteroatoms. The van der Waals surface area contributed by atoms with Crippen molar-refractivity contribution in [2.75, 3.05) is 36.6 Å². The fraction of sp³-hybridized carbons (Fsp3) is 0.176. The van der Waals surface area contributed by atoms with Crippen molar-refractivity contribution in [2.24, 2.45) is 0 Å². The van der Waals surface area contributed by atoms with Crippen LogP contribution in [-0.2, 0) is 16.6 Å². The van der Waals surface area contributed by atoms with Crippen LogP contribution in [0.2, 0.25) is 0 Å². The van der Waals surface area contributed by atoms with Crippen LogP contribution in [-0.4, -0.2) is 61.7 Å². The quantitative estimate of drug-likeness (QED) is 0.142. The molecular formula is C34H28F5N5O4S. The fourth-order valence-electron chi connectivity index (χ4n) is 5.67. The monoisotopic (exact) mass is 697 g/mol. The lowest BCUT2D eigenvalue weighted by Crippen LogP contribution is -2.48. The van der Waals surface area contributed by atoms with Gasteiger partial charge in [-0.3, -0.25) is 19.4 Å². The van der Waals surface area contributed by atoms with E-state index in [0.29, 0.717) is 24.2 Å². The number of alkyl halides is 3. The summed E-state index contributed by atoms with van der Waals surface area (Å²) in [4.78, 5) is 20.6. The van der Waals surface area contributed by atoms with Crippen LogP contribution in [0.1, 0.15) is 15.9 Å². The van der Waals surface area contributed by atoms with Gasteiger partial charge in [-0.15, -0.1) is 13.2 Å². The van der Waals surface area contributed by atoms with Crippen molar-refractivity contribution in [3.05, 3.63) is 114 Å². The van der Waals surface area contributed by atoms with Gasteiger partial charge < -0.3 is 15.4 Å². The first-order valence-corrected chi connectivity index (χ1v) is 16.4. The molecule has 49 heavy (non-hydrogen) atoms. The second kappa shape index (κ2) is 13.3. The van der Waals surface area contributed by atoms with E-state index in [1.54, 1.807) is 36.5 Å². The molecule has 2 heterocycles. The van der Waals surface area contributed by atoms with Crippen molar-refractivity contribution < 1.29 is 39.9 Å². The summed E-state index contributed by atoms with van der Waals surface area (Å²) in [6, 6.07) is 19.6. The molecule has 0 bridgehead atoms. The molecule has 0 unspecified atom stereocenters. The maximum absolute atomic E-state index is 14.1. The molecule has 1 amide bonds. The Hall–Kier alpha value is -5.28. The highest BCUT2D eigenvalue weighted by Crippen LogP contribution is 2.37. The van der Waals surface area contributed by atoms with Gasteiger partial charge in [0.15, 0.2) is 17.4 Å². The zero-order valence-electron chi connectivity index (χ0n) is 25.5. The molecule has 1 aliphatic rings. The number of aromatic nitrogens is 1. The minimum atomic E-state index is -5.22. The molecule has 1 aromatic heterocycles. The molecule has 6 rings (SSSR count). The third kappa shape index (κ3) is 7.42. The Morgan fingerprint density at radius 3 is 2.39 bits per heavy atom. The first-order valence-electron chi connectivity index (χ1n) is 14.9. The van der Waals surface area contributed by atoms with Crippen molar-refractivity contribution in [2.45, 2.75) is 17.8 Å². The lowest BCUT2D eigenvalue weighted by atomic mass is 10.0. The van der Waals surface area contributed by atoms with Gasteiger partial charge in [0.05, 0.1) is 16.1 Å². The largest absolute Gasteiger partial charge is 0.573 e. The highest BCUT2D eigenvalue weighted by molar-refractivity contribution is 7.92. The van der Waals surface area contributed by atoms with E-state index < -0.39 is 45.4 Å². The van der Waals surface area contributed by atoms with Crippen molar-refractivity contribution in [3.63, 3.8) is 0 Å². The normalized spacial score (nSPS) is 14.2. The topological polar surface area (TPSA) is 118 Å². The number of carbonyl (C=O) groups is 1. The van der Waals surface area contributed by atoms with Gasteiger partial charge in [0.1, 0.15) is 0 Å². The van der Waals surface area contributed by atoms with Gasteiger partial charge in [0.25, 0.3) is 15.9 Å². The second-order valence-electron chi connectivity index (χ2n) is 11.3. The lowest BCUT2D eigenvalue weighted by molar-refractivity contribution is -0.274. The number of ether oxygens (including phenoxy) is 1. The van der Waals surface area contributed by atoms with Crippen molar-refractivity contribution in [3.8, 4) is 16.9 Å². The Morgan fingerprint density at radius 2 is 1.63 bits per heavy atom. The van der Waals surface area contributed by atoms with E-state index in [0.717, 1.165) is 23.6 Å². The second-order valence-corrected chi connectivity index (χ2v) is 12.9. The minimum Gasteiger partial charge on any atom is -0.404 e. The number of nitrogens with zero attached hydrogens (tertiary/aromatic N) is 3. The van der Waals surface area contributed by atoms with E-state index in [1.165, 1.54) is 41.3 Å². The van der Waals surface area contributed by atoms with Gasteiger partial charge in [-0.25, -0.2) is 17.2 Å². The van der Waals surface area contributed by atoms with Crippen LogP contribution in [0.3, 0.4) is 0 Å². The van der Waals surface area contributed by atoms with E-state index in [-0.39, 0.29) is 46.9 Å². The fourth-order valence-corrected chi connectivity index (χ4v) is 6.94. The molecule has 3 N–H and O–H groups in total. The average Bonchev–Trinajstić information content (AvgIpc) is 3.06. The maximum atomic E-state index is 14.1. The van der Waals surface area contributed by atoms with Crippen LogP contribution >= 0.6 is 0 Å². The number of nitrogens with two attached hydrogens (primary N) is 1. The first-order chi connectivity index (χ1) is 23.3. The highest BCUT2D eigenvalue weighted by Gasteiger charge is 2.34. The molecule has 0 aliphatic carbocycles. The zero-order chi connectivity index (χ0) is 34.9. The van der Waals surface area contributed by atoms with E-state index in [4.69, 9.17) is 5.73 Å². The number of hydrogen-bond acceptors (Lipinski definition) is 7. The molecule has 254 valence electrons. The van der Waals surface area contributed by atoms with E-state index in [1.807, 2.05) is 4.90 Å². The smallest absolute Gasteiger partial charge is 0.404 e. The number of carbonyl (C=O) groups excluding carboxylic acids is 1. The number of nitrogens with one attached hydrogen (secondary N) is 1. The number of benzene rings is 4. The molecule has 9 nitrogen and oxygen atoms in total. The molecule has 0 atom stereocenters. The van der Waals surface area contributed by atoms with Crippen LogP contribution in [0.4, 0.5) is 33.3 Å². The molecule has 4 aromatic carbocycles. The Morgan fingerprint density at radius 1 is 0.898 bits per heavy atom. The number of pyridine rings is 1. The van der Waals surface area contributed by atoms with Crippen LogP contribution in [0.15, 0.2) is 96.0 Å². The molecule has 0 spiro atoms. The van der Waals surface area contributed by atoms with Gasteiger partial charge in [-0.05, 0) is 48.5 Å². The van der Waals surface area contributed by atoms with Crippen molar-refractivity contribution >= 4 is 38.2 Å². The molecule has 0 radical (unpaired) electrons. The van der Waals surface area contributed by atoms with Gasteiger partial charge in [0, 0.05) is 72.2 Å². The zero-order valence-corrected chi connectivity index (χ0v) is 26.4. The summed E-state index contributed by atoms with van der Waals surface area (Å²) in [7, 11) is -4.58. The van der Waals surface area contributed by atoms with Crippen molar-refractivity contribution in [1.29, 1.82) is 0 Å². The van der Waals surface area contributed by atoms with Crippen LogP contribution in [0, 0.1) is 11.6 Å². The third-order valence-corrected chi connectivity index (χ3v) is 9.42. The number of halogens is 5. The number of hydrogen-bond donors (Lipinski definition) is 2. The summed E-state index contributed by atoms with van der Waals surface area (Å²) in [5.74, 6) is -3.48. The first kappa shape index (κ1) is 33.6. The predicted molar refractivity (Wildman–Crippen MR) is 173 cm³/mol. The number of anilines is 2. The van der Waals surface area contributed by atoms with Crippen molar-refractivity contribution in [1.82, 2.24) is 14.8 Å². The van der Waals surface area contributed by atoms with Crippen LogP contribution < -0.4 is 15.2 Å². The Balaban J connectivity index is 1.25. The highest BCUT2D eigenvalue weighted by atomic mass is 32.2. The van der Waals surface area contributed by atoms with E-state index in [9.17, 15) is 35.2 Å². The van der Waals surface area contributed by atoms with Crippen LogP contribution in [0.5, 0.6) is 5.75 Å². The average molecular weight is 698 g/mol. The Labute approximate surface area is 277 Å². The van der Waals surface area contributed by atoms with Gasteiger partial charge in [-0.2, -0.15) is 0 Å². The summed E-state index contributed by atoms with van der Waals surface area (Å²) in [6.45, 7) is 1.01. The summed E-state index contributed by atoms with van der Waals surface area (Å²) >= 11 is 0. The number of nitrogen functional groups attached to an aromatic ring is 1. The number of sulfonamides is 1. The Kier molecular flexibility index (Phi) is 9.14. The number of para-hydroxylation sites is 1. The third-order valence-electron chi connectivity index (χ3n) is 8.00. The Bertz CT molecular complexity index is 2150. The summed E-state index contributed by atoms with van der Waals surface area (Å²) in [6.07, 6.45) is -3.68. The molecule has 1 fully saturated rings. The number of rotatable bonds is 8. The van der Waals surface area contributed by atoms with E-state index >= 15 is 0 Å². The van der Waals surface area contributed by atoms with E-state index in [2.05, 4.69) is 14.4 Å². The van der Waals surface area contributed by atoms with Gasteiger partial charge >= 0.3 is 6.36 Å². The number of fused-ring (bicyclic) bond motifs is 1. The summed E-state index contributed by atoms with van der Waals surface area (Å²) < 4.78 is 102. The molecular weight excluding hydrogens is 669 g/mol. The lowest BCUT2D eigenvalue weighted by Gasteiger charge is -2.35.